The number of anilines is 1. The van der Waals surface area contributed by atoms with Crippen molar-refractivity contribution in [2.75, 3.05) is 19.5 Å². The summed E-state index contributed by atoms with van der Waals surface area (Å²) in [5.74, 6) is 0.850. The quantitative estimate of drug-likeness (QED) is 0.291. The first-order chi connectivity index (χ1) is 15.1. The fourth-order valence-electron chi connectivity index (χ4n) is 2.98. The van der Waals surface area contributed by atoms with Crippen molar-refractivity contribution in [2.45, 2.75) is 45.4 Å². The summed E-state index contributed by atoms with van der Waals surface area (Å²) < 4.78 is 10.4. The van der Waals surface area contributed by atoms with E-state index >= 15 is 0 Å². The number of ether oxygens (including phenoxy) is 2. The van der Waals surface area contributed by atoms with Gasteiger partial charge >= 0.3 is 0 Å². The molecule has 0 atom stereocenters. The lowest BCUT2D eigenvalue weighted by atomic mass is 10.1. The Kier molecular flexibility index (Phi) is 10.1. The van der Waals surface area contributed by atoms with Crippen LogP contribution < -0.4 is 20.2 Å². The van der Waals surface area contributed by atoms with Crippen LogP contribution in [0.25, 0.3) is 0 Å². The molecule has 7 heteroatoms. The van der Waals surface area contributed by atoms with Crippen molar-refractivity contribution in [1.82, 2.24) is 5.43 Å². The van der Waals surface area contributed by atoms with Crippen LogP contribution in [0.5, 0.6) is 11.5 Å². The number of carbonyl (C=O) groups is 2. The molecule has 0 spiro atoms. The smallest absolute Gasteiger partial charge is 0.271 e. The van der Waals surface area contributed by atoms with Gasteiger partial charge in [0.1, 0.15) is 0 Å². The van der Waals surface area contributed by atoms with E-state index in [0.717, 1.165) is 18.4 Å². The Morgan fingerprint density at radius 1 is 0.935 bits per heavy atom. The Labute approximate surface area is 183 Å². The molecule has 0 aliphatic rings. The Hall–Kier alpha value is -3.35. The standard InChI is InChI=1S/C24H31N3O4/c1-4-5-6-7-8-9-23(28)26-20-13-11-19(12-14-20)24(29)27-25-17-18-10-15-21(30-2)22(16-18)31-3/h10-17H,4-9H2,1-3H3,(H,26,28)(H,27,29). The van der Waals surface area contributed by atoms with Crippen molar-refractivity contribution in [3.63, 3.8) is 0 Å². The van der Waals surface area contributed by atoms with Crippen LogP contribution in [0.2, 0.25) is 0 Å². The molecule has 0 aromatic heterocycles. The van der Waals surface area contributed by atoms with Gasteiger partial charge in [-0.25, -0.2) is 5.43 Å². The fourth-order valence-corrected chi connectivity index (χ4v) is 2.98. The molecule has 0 heterocycles. The number of nitrogens with one attached hydrogen (secondary N) is 2. The van der Waals surface area contributed by atoms with Crippen LogP contribution in [0.3, 0.4) is 0 Å². The first-order valence-electron chi connectivity index (χ1n) is 10.5. The lowest BCUT2D eigenvalue weighted by Gasteiger charge is -2.07. The molecule has 2 aromatic rings. The summed E-state index contributed by atoms with van der Waals surface area (Å²) in [6, 6.07) is 12.1. The van der Waals surface area contributed by atoms with Crippen molar-refractivity contribution in [3.8, 4) is 11.5 Å². The average Bonchev–Trinajstić information content (AvgIpc) is 2.79. The van der Waals surface area contributed by atoms with Gasteiger partial charge in [0.15, 0.2) is 11.5 Å². The van der Waals surface area contributed by atoms with Gasteiger partial charge in [-0.15, -0.1) is 0 Å². The molecule has 0 radical (unpaired) electrons. The van der Waals surface area contributed by atoms with Gasteiger partial charge in [0, 0.05) is 17.7 Å². The number of hydrazone groups is 1. The number of hydrogen-bond donors (Lipinski definition) is 2. The van der Waals surface area contributed by atoms with Gasteiger partial charge < -0.3 is 14.8 Å². The maximum Gasteiger partial charge on any atom is 0.271 e. The molecular weight excluding hydrogens is 394 g/mol. The van der Waals surface area contributed by atoms with E-state index in [4.69, 9.17) is 9.47 Å². The number of benzene rings is 2. The van der Waals surface area contributed by atoms with E-state index in [2.05, 4.69) is 22.8 Å². The molecule has 0 saturated heterocycles. The van der Waals surface area contributed by atoms with E-state index in [0.29, 0.717) is 29.2 Å². The summed E-state index contributed by atoms with van der Waals surface area (Å²) in [4.78, 5) is 24.3. The Morgan fingerprint density at radius 2 is 1.65 bits per heavy atom. The van der Waals surface area contributed by atoms with Gasteiger partial charge in [-0.05, 0) is 54.4 Å². The third-order valence-corrected chi connectivity index (χ3v) is 4.73. The van der Waals surface area contributed by atoms with Crippen LogP contribution in [0, 0.1) is 0 Å². The first-order valence-corrected chi connectivity index (χ1v) is 10.5. The second-order valence-electron chi connectivity index (χ2n) is 7.10. The molecule has 2 rings (SSSR count). The number of nitrogens with zero attached hydrogens (tertiary/aromatic N) is 1. The molecule has 0 unspecified atom stereocenters. The fraction of sp³-hybridized carbons (Fsp3) is 0.375. The van der Waals surface area contributed by atoms with Gasteiger partial charge in [-0.2, -0.15) is 5.10 Å². The van der Waals surface area contributed by atoms with E-state index in [1.807, 2.05) is 0 Å². The zero-order valence-electron chi connectivity index (χ0n) is 18.4. The predicted octanol–water partition coefficient (Wildman–Crippen LogP) is 4.77. The van der Waals surface area contributed by atoms with E-state index in [-0.39, 0.29) is 11.8 Å². The van der Waals surface area contributed by atoms with Crippen LogP contribution in [0.15, 0.2) is 47.6 Å². The molecule has 31 heavy (non-hydrogen) atoms. The number of carbonyl (C=O) groups excluding carboxylic acids is 2. The Morgan fingerprint density at radius 3 is 2.32 bits per heavy atom. The Balaban J connectivity index is 1.82. The van der Waals surface area contributed by atoms with Gasteiger partial charge in [0.05, 0.1) is 20.4 Å². The number of hydrogen-bond acceptors (Lipinski definition) is 5. The molecule has 0 aliphatic heterocycles. The molecule has 0 fully saturated rings. The van der Waals surface area contributed by atoms with Gasteiger partial charge in [0.2, 0.25) is 5.91 Å². The third-order valence-electron chi connectivity index (χ3n) is 4.73. The normalized spacial score (nSPS) is 10.7. The highest BCUT2D eigenvalue weighted by Crippen LogP contribution is 2.26. The minimum Gasteiger partial charge on any atom is -0.493 e. The van der Waals surface area contributed by atoms with Crippen LogP contribution >= 0.6 is 0 Å². The van der Waals surface area contributed by atoms with Crippen LogP contribution in [-0.4, -0.2) is 32.2 Å². The van der Waals surface area contributed by atoms with E-state index < -0.39 is 0 Å². The number of rotatable bonds is 12. The summed E-state index contributed by atoms with van der Waals surface area (Å²) in [6.45, 7) is 2.17. The van der Waals surface area contributed by atoms with Crippen molar-refractivity contribution in [3.05, 3.63) is 53.6 Å². The highest BCUT2D eigenvalue weighted by molar-refractivity contribution is 5.96. The molecule has 0 bridgehead atoms. The SMILES string of the molecule is CCCCCCCC(=O)Nc1ccc(C(=O)NN=Cc2ccc(OC)c(OC)c2)cc1. The summed E-state index contributed by atoms with van der Waals surface area (Å²) >= 11 is 0. The molecular formula is C24H31N3O4. The van der Waals surface area contributed by atoms with Crippen LogP contribution in [-0.2, 0) is 4.79 Å². The number of methoxy groups -OCH3 is 2. The van der Waals surface area contributed by atoms with E-state index in [1.165, 1.54) is 25.5 Å². The molecule has 166 valence electrons. The lowest BCUT2D eigenvalue weighted by Crippen LogP contribution is -2.17. The van der Waals surface area contributed by atoms with Crippen LogP contribution in [0.1, 0.15) is 61.4 Å². The Bertz CT molecular complexity index is 879. The molecule has 2 aromatic carbocycles. The second kappa shape index (κ2) is 13.1. The van der Waals surface area contributed by atoms with Gasteiger partial charge in [-0.3, -0.25) is 9.59 Å². The molecule has 2 amide bonds. The van der Waals surface area contributed by atoms with Crippen LogP contribution in [0.4, 0.5) is 5.69 Å². The summed E-state index contributed by atoms with van der Waals surface area (Å²) in [6.07, 6.45) is 7.57. The zero-order chi connectivity index (χ0) is 22.5. The zero-order valence-corrected chi connectivity index (χ0v) is 18.4. The number of unbranched alkanes of at least 4 members (excludes halogenated alkanes) is 4. The van der Waals surface area contributed by atoms with Crippen molar-refractivity contribution >= 4 is 23.7 Å². The van der Waals surface area contributed by atoms with Crippen molar-refractivity contribution in [2.24, 2.45) is 5.10 Å². The summed E-state index contributed by atoms with van der Waals surface area (Å²) in [5.41, 5.74) is 4.36. The van der Waals surface area contributed by atoms with Gasteiger partial charge in [0.25, 0.3) is 5.91 Å². The average molecular weight is 426 g/mol. The summed E-state index contributed by atoms with van der Waals surface area (Å²) in [7, 11) is 3.12. The van der Waals surface area contributed by atoms with Crippen molar-refractivity contribution < 1.29 is 19.1 Å². The van der Waals surface area contributed by atoms with Crippen molar-refractivity contribution in [1.29, 1.82) is 0 Å². The second-order valence-corrected chi connectivity index (χ2v) is 7.10. The number of amides is 2. The topological polar surface area (TPSA) is 89.0 Å². The minimum absolute atomic E-state index is 0.00628. The molecule has 7 nitrogen and oxygen atoms in total. The molecule has 0 saturated carbocycles. The molecule has 2 N–H and O–H groups in total. The monoisotopic (exact) mass is 425 g/mol. The van der Waals surface area contributed by atoms with Gasteiger partial charge in [-0.1, -0.05) is 32.6 Å². The maximum atomic E-state index is 12.3. The largest absolute Gasteiger partial charge is 0.493 e. The first kappa shape index (κ1) is 23.9. The third kappa shape index (κ3) is 8.12. The highest BCUT2D eigenvalue weighted by Gasteiger charge is 2.07. The lowest BCUT2D eigenvalue weighted by molar-refractivity contribution is -0.116. The highest BCUT2D eigenvalue weighted by atomic mass is 16.5. The maximum absolute atomic E-state index is 12.3. The van der Waals surface area contributed by atoms with E-state index in [1.54, 1.807) is 56.7 Å². The predicted molar refractivity (Wildman–Crippen MR) is 123 cm³/mol. The summed E-state index contributed by atoms with van der Waals surface area (Å²) in [5, 5.41) is 6.85. The van der Waals surface area contributed by atoms with E-state index in [9.17, 15) is 9.59 Å². The molecule has 0 aliphatic carbocycles. The minimum atomic E-state index is -0.342.